The van der Waals surface area contributed by atoms with Crippen LogP contribution in [0.4, 0.5) is 4.79 Å². The van der Waals surface area contributed by atoms with Gasteiger partial charge < -0.3 is 20.1 Å². The summed E-state index contributed by atoms with van der Waals surface area (Å²) >= 11 is 0. The lowest BCUT2D eigenvalue weighted by Gasteiger charge is -2.56. The molecule has 168 valence electrons. The van der Waals surface area contributed by atoms with Gasteiger partial charge in [0.15, 0.2) is 0 Å². The summed E-state index contributed by atoms with van der Waals surface area (Å²) in [5.74, 6) is 2.67. The molecule has 5 aliphatic carbocycles. The van der Waals surface area contributed by atoms with Gasteiger partial charge in [-0.1, -0.05) is 12.1 Å². The average molecular weight is 427 g/mol. The zero-order valence-electron chi connectivity index (χ0n) is 18.4. The first-order valence-electron chi connectivity index (χ1n) is 11.9. The van der Waals surface area contributed by atoms with Crippen molar-refractivity contribution in [2.75, 3.05) is 7.11 Å². The molecule has 0 radical (unpaired) electrons. The molecular weight excluding hydrogens is 392 g/mol. The van der Waals surface area contributed by atoms with E-state index in [-0.39, 0.29) is 29.7 Å². The number of nitrogens with one attached hydrogen (secondary N) is 2. The van der Waals surface area contributed by atoms with Crippen molar-refractivity contribution < 1.29 is 19.1 Å². The van der Waals surface area contributed by atoms with E-state index < -0.39 is 0 Å². The highest BCUT2D eigenvalue weighted by Gasteiger charge is 2.51. The van der Waals surface area contributed by atoms with Crippen LogP contribution in [0.2, 0.25) is 0 Å². The van der Waals surface area contributed by atoms with Crippen LogP contribution >= 0.6 is 0 Å². The van der Waals surface area contributed by atoms with Gasteiger partial charge in [0, 0.05) is 11.6 Å². The van der Waals surface area contributed by atoms with Crippen LogP contribution in [0.1, 0.15) is 74.6 Å². The van der Waals surface area contributed by atoms with Crippen LogP contribution in [0.15, 0.2) is 24.3 Å². The Bertz CT molecular complexity index is 795. The zero-order valence-corrected chi connectivity index (χ0v) is 18.4. The summed E-state index contributed by atoms with van der Waals surface area (Å²) in [6.07, 6.45) is 11.2. The highest BCUT2D eigenvalue weighted by atomic mass is 16.5. The number of esters is 1. The number of carbonyl (C=O) groups is 2. The van der Waals surface area contributed by atoms with Gasteiger partial charge in [0.05, 0.1) is 13.2 Å². The predicted molar refractivity (Wildman–Crippen MR) is 117 cm³/mol. The van der Waals surface area contributed by atoms with Gasteiger partial charge in [-0.2, -0.15) is 0 Å². The molecule has 6 nitrogen and oxygen atoms in total. The van der Waals surface area contributed by atoms with Crippen LogP contribution in [-0.2, 0) is 4.74 Å². The molecule has 2 N–H and O–H groups in total. The van der Waals surface area contributed by atoms with Crippen molar-refractivity contribution >= 4 is 12.0 Å². The van der Waals surface area contributed by atoms with Crippen LogP contribution in [0.3, 0.4) is 0 Å². The molecular formula is C25H34N2O4. The van der Waals surface area contributed by atoms with Gasteiger partial charge in [0.2, 0.25) is 0 Å². The van der Waals surface area contributed by atoms with Crippen molar-refractivity contribution in [2.24, 2.45) is 17.8 Å². The lowest BCUT2D eigenvalue weighted by atomic mass is 9.53. The Hall–Kier alpha value is -2.24. The standard InChI is InChI=1S/C25H34N2O4/c1-30-23(28)21-4-2-3-5-22(21)31-20-8-6-19(7-9-20)26-24(29)27-25-13-16-10-17(14-25)12-18(11-16)15-25/h2-5,16-20H,6-15H2,1H3,(H2,26,27,29). The third kappa shape index (κ3) is 4.39. The van der Waals surface area contributed by atoms with E-state index >= 15 is 0 Å². The molecule has 0 aliphatic heterocycles. The minimum atomic E-state index is -0.382. The van der Waals surface area contributed by atoms with Gasteiger partial charge in [0.25, 0.3) is 0 Å². The van der Waals surface area contributed by atoms with E-state index in [0.29, 0.717) is 11.3 Å². The molecule has 0 atom stereocenters. The fourth-order valence-electron chi connectivity index (χ4n) is 7.08. The number of hydrogen-bond donors (Lipinski definition) is 2. The normalized spacial score (nSPS) is 36.0. The molecule has 0 unspecified atom stereocenters. The Kier molecular flexibility index (Phi) is 5.57. The highest BCUT2D eigenvalue weighted by Crippen LogP contribution is 2.55. The zero-order chi connectivity index (χ0) is 21.4. The molecule has 5 aliphatic rings. The van der Waals surface area contributed by atoms with Crippen LogP contribution in [0.25, 0.3) is 0 Å². The van der Waals surface area contributed by atoms with Crippen molar-refractivity contribution in [1.82, 2.24) is 10.6 Å². The van der Waals surface area contributed by atoms with Crippen LogP contribution in [-0.4, -0.2) is 36.8 Å². The summed E-state index contributed by atoms with van der Waals surface area (Å²) in [5, 5.41) is 6.65. The molecule has 6 heteroatoms. The molecule has 1 aromatic rings. The Morgan fingerprint density at radius 1 is 0.935 bits per heavy atom. The second-order valence-corrected chi connectivity index (χ2v) is 10.4. The van der Waals surface area contributed by atoms with Crippen LogP contribution in [0, 0.1) is 17.8 Å². The molecule has 5 fully saturated rings. The predicted octanol–water partition coefficient (Wildman–Crippen LogP) is 4.43. The number of amides is 2. The molecule has 1 aromatic carbocycles. The lowest BCUT2D eigenvalue weighted by molar-refractivity contribution is -0.0138. The maximum atomic E-state index is 12.8. The Morgan fingerprint density at radius 2 is 1.55 bits per heavy atom. The van der Waals surface area contributed by atoms with Gasteiger partial charge in [-0.25, -0.2) is 9.59 Å². The third-order valence-corrected chi connectivity index (χ3v) is 8.01. The fraction of sp³-hybridized carbons (Fsp3) is 0.680. The molecule has 2 amide bonds. The molecule has 5 saturated carbocycles. The van der Waals surface area contributed by atoms with E-state index in [1.807, 2.05) is 18.2 Å². The molecule has 0 aromatic heterocycles. The van der Waals surface area contributed by atoms with Crippen molar-refractivity contribution in [3.8, 4) is 5.75 Å². The first-order chi connectivity index (χ1) is 15.0. The summed E-state index contributed by atoms with van der Waals surface area (Å²) in [5.41, 5.74) is 0.511. The van der Waals surface area contributed by atoms with E-state index in [1.54, 1.807) is 6.07 Å². The number of methoxy groups -OCH3 is 1. The smallest absolute Gasteiger partial charge is 0.341 e. The molecule has 4 bridgehead atoms. The van der Waals surface area contributed by atoms with E-state index in [4.69, 9.17) is 9.47 Å². The topological polar surface area (TPSA) is 76.7 Å². The van der Waals surface area contributed by atoms with Gasteiger partial charge in [-0.15, -0.1) is 0 Å². The molecule has 6 rings (SSSR count). The van der Waals surface area contributed by atoms with Crippen LogP contribution in [0.5, 0.6) is 5.75 Å². The van der Waals surface area contributed by atoms with Gasteiger partial charge in [-0.3, -0.25) is 0 Å². The second kappa shape index (κ2) is 8.36. The molecule has 0 spiro atoms. The number of urea groups is 1. The number of hydrogen-bond acceptors (Lipinski definition) is 4. The van der Waals surface area contributed by atoms with E-state index in [1.165, 1.54) is 45.6 Å². The quantitative estimate of drug-likeness (QED) is 0.683. The van der Waals surface area contributed by atoms with Crippen molar-refractivity contribution in [1.29, 1.82) is 0 Å². The molecule has 0 saturated heterocycles. The van der Waals surface area contributed by atoms with Gasteiger partial charge >= 0.3 is 12.0 Å². The SMILES string of the molecule is COC(=O)c1ccccc1OC1CCC(NC(=O)NC23CC4CC(CC(C4)C2)C3)CC1. The number of benzene rings is 1. The maximum Gasteiger partial charge on any atom is 0.341 e. The third-order valence-electron chi connectivity index (χ3n) is 8.01. The summed E-state index contributed by atoms with van der Waals surface area (Å²) in [6.45, 7) is 0. The number of para-hydroxylation sites is 1. The van der Waals surface area contributed by atoms with Gasteiger partial charge in [-0.05, 0) is 94.1 Å². The Morgan fingerprint density at radius 3 is 2.16 bits per heavy atom. The fourth-order valence-corrected chi connectivity index (χ4v) is 7.08. The first-order valence-corrected chi connectivity index (χ1v) is 11.9. The monoisotopic (exact) mass is 426 g/mol. The van der Waals surface area contributed by atoms with Crippen molar-refractivity contribution in [3.63, 3.8) is 0 Å². The van der Waals surface area contributed by atoms with Gasteiger partial charge in [0.1, 0.15) is 11.3 Å². The van der Waals surface area contributed by atoms with Crippen molar-refractivity contribution in [2.45, 2.75) is 81.9 Å². The average Bonchev–Trinajstić information content (AvgIpc) is 2.73. The summed E-state index contributed by atoms with van der Waals surface area (Å²) in [7, 11) is 1.38. The largest absolute Gasteiger partial charge is 0.490 e. The highest BCUT2D eigenvalue weighted by molar-refractivity contribution is 5.92. The van der Waals surface area contributed by atoms with E-state index in [9.17, 15) is 9.59 Å². The summed E-state index contributed by atoms with van der Waals surface area (Å²) in [4.78, 5) is 24.8. The second-order valence-electron chi connectivity index (χ2n) is 10.4. The number of rotatable bonds is 5. The van der Waals surface area contributed by atoms with E-state index in [2.05, 4.69) is 10.6 Å². The maximum absolute atomic E-state index is 12.8. The van der Waals surface area contributed by atoms with E-state index in [0.717, 1.165) is 43.4 Å². The summed E-state index contributed by atoms with van der Waals surface area (Å²) in [6, 6.07) is 7.41. The first kappa shape index (κ1) is 20.7. The Balaban J connectivity index is 1.11. The van der Waals surface area contributed by atoms with Crippen LogP contribution < -0.4 is 15.4 Å². The lowest BCUT2D eigenvalue weighted by Crippen LogP contribution is -2.62. The summed E-state index contributed by atoms with van der Waals surface area (Å²) < 4.78 is 11.0. The number of ether oxygens (including phenoxy) is 2. The minimum Gasteiger partial charge on any atom is -0.490 e. The molecule has 0 heterocycles. The minimum absolute atomic E-state index is 0.0161. The van der Waals surface area contributed by atoms with Crippen molar-refractivity contribution in [3.05, 3.63) is 29.8 Å². The molecule has 31 heavy (non-hydrogen) atoms. The number of carbonyl (C=O) groups excluding carboxylic acids is 2. The Labute approximate surface area is 184 Å².